The highest BCUT2D eigenvalue weighted by Gasteiger charge is 2.22. The van der Waals surface area contributed by atoms with Gasteiger partial charge in [0, 0.05) is 17.3 Å². The second-order valence-electron chi connectivity index (χ2n) is 4.69. The highest BCUT2D eigenvalue weighted by Crippen LogP contribution is 2.26. The zero-order valence-electron chi connectivity index (χ0n) is 11.5. The summed E-state index contributed by atoms with van der Waals surface area (Å²) in [7, 11) is 0. The van der Waals surface area contributed by atoms with Crippen LogP contribution in [0.15, 0.2) is 66.9 Å². The van der Waals surface area contributed by atoms with Crippen molar-refractivity contribution in [3.63, 3.8) is 0 Å². The van der Waals surface area contributed by atoms with Gasteiger partial charge in [0.15, 0.2) is 5.78 Å². The number of ketones is 1. The number of aromatic nitrogens is 1. The monoisotopic (exact) mass is 295 g/mol. The van der Waals surface area contributed by atoms with E-state index in [1.807, 2.05) is 0 Å². The molecule has 22 heavy (non-hydrogen) atoms. The Kier molecular flexibility index (Phi) is 3.74. The minimum Gasteiger partial charge on any atom is -0.288 e. The van der Waals surface area contributed by atoms with E-state index in [1.54, 1.807) is 36.4 Å². The summed E-state index contributed by atoms with van der Waals surface area (Å²) in [6, 6.07) is 15.4. The van der Waals surface area contributed by atoms with Crippen LogP contribution in [0, 0.1) is 11.6 Å². The Hall–Kier alpha value is -2.88. The van der Waals surface area contributed by atoms with E-state index >= 15 is 0 Å². The van der Waals surface area contributed by atoms with Crippen molar-refractivity contribution < 1.29 is 13.6 Å². The van der Waals surface area contributed by atoms with Gasteiger partial charge < -0.3 is 0 Å². The Balaban J connectivity index is 2.15. The molecule has 0 saturated carbocycles. The van der Waals surface area contributed by atoms with Gasteiger partial charge in [-0.05, 0) is 24.3 Å². The van der Waals surface area contributed by atoms with Crippen LogP contribution in [-0.2, 0) is 0 Å². The fourth-order valence-electron chi connectivity index (χ4n) is 2.21. The van der Waals surface area contributed by atoms with E-state index < -0.39 is 23.0 Å². The Labute approximate surface area is 126 Å². The molecule has 0 atom stereocenters. The molecule has 0 N–H and O–H groups in total. The van der Waals surface area contributed by atoms with Crippen LogP contribution in [0.1, 0.15) is 15.9 Å². The van der Waals surface area contributed by atoms with Crippen LogP contribution in [0.2, 0.25) is 0 Å². The second-order valence-corrected chi connectivity index (χ2v) is 4.69. The van der Waals surface area contributed by atoms with Crippen molar-refractivity contribution >= 4 is 5.78 Å². The summed E-state index contributed by atoms with van der Waals surface area (Å²) in [6.07, 6.45) is 1.51. The lowest BCUT2D eigenvalue weighted by Gasteiger charge is -2.09. The number of hydrogen-bond donors (Lipinski definition) is 0. The van der Waals surface area contributed by atoms with E-state index in [2.05, 4.69) is 4.98 Å². The van der Waals surface area contributed by atoms with Crippen molar-refractivity contribution in [1.29, 1.82) is 0 Å². The molecule has 108 valence electrons. The van der Waals surface area contributed by atoms with Crippen LogP contribution in [-0.4, -0.2) is 10.8 Å². The lowest BCUT2D eigenvalue weighted by molar-refractivity contribution is 0.103. The van der Waals surface area contributed by atoms with E-state index in [4.69, 9.17) is 0 Å². The van der Waals surface area contributed by atoms with Gasteiger partial charge in [0.2, 0.25) is 0 Å². The van der Waals surface area contributed by atoms with Crippen LogP contribution in [0.4, 0.5) is 8.78 Å². The van der Waals surface area contributed by atoms with Gasteiger partial charge in [-0.25, -0.2) is 8.78 Å². The third-order valence-electron chi connectivity index (χ3n) is 3.30. The molecule has 0 unspecified atom stereocenters. The lowest BCUT2D eigenvalue weighted by atomic mass is 9.98. The average molecular weight is 295 g/mol. The smallest absolute Gasteiger partial charge is 0.198 e. The third-order valence-corrected chi connectivity index (χ3v) is 3.30. The van der Waals surface area contributed by atoms with Crippen molar-refractivity contribution in [1.82, 2.24) is 4.98 Å². The molecule has 0 aliphatic carbocycles. The number of carbonyl (C=O) groups excluding carboxylic acids is 1. The van der Waals surface area contributed by atoms with Gasteiger partial charge in [0.25, 0.3) is 0 Å². The van der Waals surface area contributed by atoms with E-state index in [0.29, 0.717) is 5.69 Å². The first-order chi connectivity index (χ1) is 10.7. The van der Waals surface area contributed by atoms with E-state index in [0.717, 1.165) is 6.07 Å². The van der Waals surface area contributed by atoms with Gasteiger partial charge in [-0.15, -0.1) is 0 Å². The van der Waals surface area contributed by atoms with Crippen LogP contribution >= 0.6 is 0 Å². The van der Waals surface area contributed by atoms with Gasteiger partial charge in [0.05, 0.1) is 11.3 Å². The topological polar surface area (TPSA) is 30.0 Å². The molecule has 1 heterocycles. The molecule has 0 amide bonds. The van der Waals surface area contributed by atoms with Crippen LogP contribution < -0.4 is 0 Å². The summed E-state index contributed by atoms with van der Waals surface area (Å²) in [4.78, 5) is 16.4. The molecular weight excluding hydrogens is 284 g/mol. The first-order valence-electron chi connectivity index (χ1n) is 6.67. The van der Waals surface area contributed by atoms with Crippen molar-refractivity contribution in [2.45, 2.75) is 0 Å². The first-order valence-corrected chi connectivity index (χ1v) is 6.67. The Bertz CT molecular complexity index is 817. The highest BCUT2D eigenvalue weighted by molar-refractivity contribution is 6.09. The van der Waals surface area contributed by atoms with E-state index in [1.165, 1.54) is 24.4 Å². The molecule has 4 heteroatoms. The van der Waals surface area contributed by atoms with Crippen molar-refractivity contribution in [2.24, 2.45) is 0 Å². The zero-order valence-corrected chi connectivity index (χ0v) is 11.5. The van der Waals surface area contributed by atoms with Crippen LogP contribution in [0.25, 0.3) is 11.3 Å². The number of rotatable bonds is 3. The van der Waals surface area contributed by atoms with Gasteiger partial charge in [-0.2, -0.15) is 0 Å². The fraction of sp³-hybridized carbons (Fsp3) is 0. The molecule has 0 radical (unpaired) electrons. The van der Waals surface area contributed by atoms with Gasteiger partial charge in [0.1, 0.15) is 11.6 Å². The van der Waals surface area contributed by atoms with Crippen LogP contribution in [0.3, 0.4) is 0 Å². The molecule has 0 saturated heterocycles. The summed E-state index contributed by atoms with van der Waals surface area (Å²) in [5.41, 5.74) is 0.121. The van der Waals surface area contributed by atoms with Crippen molar-refractivity contribution in [3.05, 3.63) is 89.6 Å². The second kappa shape index (κ2) is 5.85. The van der Waals surface area contributed by atoms with Crippen LogP contribution in [0.5, 0.6) is 0 Å². The summed E-state index contributed by atoms with van der Waals surface area (Å²) < 4.78 is 28.7. The maximum atomic E-state index is 14.7. The van der Waals surface area contributed by atoms with E-state index in [9.17, 15) is 13.6 Å². The predicted molar refractivity (Wildman–Crippen MR) is 79.5 cm³/mol. The molecule has 0 spiro atoms. The van der Waals surface area contributed by atoms with E-state index in [-0.39, 0.29) is 11.1 Å². The van der Waals surface area contributed by atoms with Crippen molar-refractivity contribution in [2.75, 3.05) is 0 Å². The minimum absolute atomic E-state index is 0.0984. The average Bonchev–Trinajstić information content (AvgIpc) is 2.56. The Morgan fingerprint density at radius 1 is 0.864 bits per heavy atom. The Morgan fingerprint density at radius 3 is 2.27 bits per heavy atom. The predicted octanol–water partition coefficient (Wildman–Crippen LogP) is 4.26. The number of halogens is 2. The minimum atomic E-state index is -0.896. The Morgan fingerprint density at radius 2 is 1.59 bits per heavy atom. The standard InChI is InChI=1S/C18H11F2NO/c19-14-10-9-13(15-8-4-5-11-21-15)17(20)16(14)18(22)12-6-2-1-3-7-12/h1-11H. The molecule has 3 aromatic rings. The molecule has 0 fully saturated rings. The largest absolute Gasteiger partial charge is 0.288 e. The van der Waals surface area contributed by atoms with Gasteiger partial charge >= 0.3 is 0 Å². The quantitative estimate of drug-likeness (QED) is 0.676. The molecule has 2 aromatic carbocycles. The number of carbonyl (C=O) groups is 1. The molecule has 3 rings (SSSR count). The van der Waals surface area contributed by atoms with Crippen molar-refractivity contribution in [3.8, 4) is 11.3 Å². The lowest BCUT2D eigenvalue weighted by Crippen LogP contribution is -2.08. The van der Waals surface area contributed by atoms with Gasteiger partial charge in [-0.1, -0.05) is 36.4 Å². The highest BCUT2D eigenvalue weighted by atomic mass is 19.1. The molecular formula is C18H11F2NO. The number of benzene rings is 2. The summed E-state index contributed by atoms with van der Waals surface area (Å²) in [6.45, 7) is 0. The number of pyridine rings is 1. The number of hydrogen-bond acceptors (Lipinski definition) is 2. The number of nitrogens with zero attached hydrogens (tertiary/aromatic N) is 1. The normalized spacial score (nSPS) is 10.5. The van der Waals surface area contributed by atoms with Gasteiger partial charge in [-0.3, -0.25) is 9.78 Å². The fourth-order valence-corrected chi connectivity index (χ4v) is 2.21. The maximum absolute atomic E-state index is 14.7. The molecule has 1 aromatic heterocycles. The zero-order chi connectivity index (χ0) is 15.5. The maximum Gasteiger partial charge on any atom is 0.198 e. The molecule has 2 nitrogen and oxygen atoms in total. The molecule has 0 aliphatic heterocycles. The third kappa shape index (κ3) is 2.51. The SMILES string of the molecule is O=C(c1ccccc1)c1c(F)ccc(-c2ccccn2)c1F. The summed E-state index contributed by atoms with van der Waals surface area (Å²) >= 11 is 0. The molecule has 0 aliphatic rings. The molecule has 0 bridgehead atoms. The summed E-state index contributed by atoms with van der Waals surface area (Å²) in [5, 5.41) is 0. The first kappa shape index (κ1) is 14.1. The summed E-state index contributed by atoms with van der Waals surface area (Å²) in [5.74, 6) is -2.47.